The van der Waals surface area contributed by atoms with Crippen molar-refractivity contribution in [3.63, 3.8) is 0 Å². The highest BCUT2D eigenvalue weighted by atomic mass is 35.5. The average Bonchev–Trinajstić information content (AvgIpc) is 2.83. The van der Waals surface area contributed by atoms with Crippen molar-refractivity contribution in [1.82, 2.24) is 14.7 Å². The van der Waals surface area contributed by atoms with E-state index in [2.05, 4.69) is 10.00 Å². The maximum Gasteiger partial charge on any atom is 0.108 e. The molecule has 2 rings (SSSR count). The van der Waals surface area contributed by atoms with Gasteiger partial charge in [0, 0.05) is 6.54 Å². The molecule has 0 radical (unpaired) electrons. The highest BCUT2D eigenvalue weighted by Crippen LogP contribution is 2.41. The Balaban J connectivity index is 2.23. The van der Waals surface area contributed by atoms with Crippen molar-refractivity contribution in [3.8, 4) is 0 Å². The van der Waals surface area contributed by atoms with E-state index in [1.54, 1.807) is 6.20 Å². The first kappa shape index (κ1) is 12.9. The monoisotopic (exact) mass is 257 g/mol. The molecule has 1 aliphatic rings. The van der Waals surface area contributed by atoms with Gasteiger partial charge in [-0.05, 0) is 26.9 Å². The molecule has 1 fully saturated rings. The van der Waals surface area contributed by atoms with Crippen LogP contribution >= 0.6 is 11.6 Å². The molecular weight excluding hydrogens is 238 g/mol. The smallest absolute Gasteiger partial charge is 0.108 e. The number of aliphatic hydroxyl groups is 1. The molecule has 1 aromatic heterocycles. The number of nitrogens with zero attached hydrogens (tertiary/aromatic N) is 3. The molecule has 96 valence electrons. The lowest BCUT2D eigenvalue weighted by Crippen LogP contribution is -2.28. The van der Waals surface area contributed by atoms with Crippen LogP contribution in [0, 0.1) is 0 Å². The van der Waals surface area contributed by atoms with Crippen LogP contribution in [0.2, 0.25) is 5.02 Å². The highest BCUT2D eigenvalue weighted by Gasteiger charge is 2.37. The summed E-state index contributed by atoms with van der Waals surface area (Å²) in [4.78, 5) is 2.10. The summed E-state index contributed by atoms with van der Waals surface area (Å²) in [7, 11) is 4.05. The summed E-state index contributed by atoms with van der Waals surface area (Å²) in [5, 5.41) is 15.5. The molecule has 4 nitrogen and oxygen atoms in total. The molecule has 1 aromatic rings. The molecule has 1 heterocycles. The minimum absolute atomic E-state index is 0.591. The van der Waals surface area contributed by atoms with Crippen LogP contribution in [-0.2, 0) is 12.1 Å². The molecule has 0 bridgehead atoms. The van der Waals surface area contributed by atoms with E-state index >= 15 is 0 Å². The molecule has 0 atom stereocenters. The van der Waals surface area contributed by atoms with Gasteiger partial charge in [-0.2, -0.15) is 5.10 Å². The van der Waals surface area contributed by atoms with Gasteiger partial charge in [0.25, 0.3) is 0 Å². The van der Waals surface area contributed by atoms with Crippen LogP contribution in [0.5, 0.6) is 0 Å². The van der Waals surface area contributed by atoms with Gasteiger partial charge in [0.2, 0.25) is 0 Å². The molecule has 1 saturated carbocycles. The topological polar surface area (TPSA) is 41.3 Å². The zero-order chi connectivity index (χ0) is 12.5. The maximum atomic E-state index is 10.6. The van der Waals surface area contributed by atoms with Gasteiger partial charge in [0.05, 0.1) is 23.5 Å². The molecule has 0 spiro atoms. The van der Waals surface area contributed by atoms with Crippen LogP contribution < -0.4 is 0 Å². The number of hydrogen-bond acceptors (Lipinski definition) is 3. The fourth-order valence-corrected chi connectivity index (χ4v) is 2.80. The third-order valence-corrected chi connectivity index (χ3v) is 3.70. The molecule has 0 amide bonds. The lowest BCUT2D eigenvalue weighted by molar-refractivity contribution is 0.0347. The SMILES string of the molecule is CN(C)CCn1ncc(Cl)c1C1(O)CCCC1. The maximum absolute atomic E-state index is 10.6. The fraction of sp³-hybridized carbons (Fsp3) is 0.750. The molecule has 5 heteroatoms. The standard InChI is InChI=1S/C12H20ClN3O/c1-15(2)7-8-16-11(10(13)9-14-16)12(17)5-3-4-6-12/h9,17H,3-8H2,1-2H3. The Morgan fingerprint density at radius 2 is 2.12 bits per heavy atom. The normalized spacial score (nSPS) is 19.1. The van der Waals surface area contributed by atoms with E-state index in [0.29, 0.717) is 5.02 Å². The summed E-state index contributed by atoms with van der Waals surface area (Å²) in [5.74, 6) is 0. The predicted molar refractivity (Wildman–Crippen MR) is 68.2 cm³/mol. The van der Waals surface area contributed by atoms with Gasteiger partial charge in [-0.3, -0.25) is 4.68 Å². The lowest BCUT2D eigenvalue weighted by Gasteiger charge is -2.24. The molecule has 0 unspecified atom stereocenters. The van der Waals surface area contributed by atoms with Crippen molar-refractivity contribution < 1.29 is 5.11 Å². The summed E-state index contributed by atoms with van der Waals surface area (Å²) in [6, 6.07) is 0. The third-order valence-electron chi connectivity index (χ3n) is 3.43. The Morgan fingerprint density at radius 3 is 2.71 bits per heavy atom. The van der Waals surface area contributed by atoms with Crippen LogP contribution in [-0.4, -0.2) is 40.4 Å². The van der Waals surface area contributed by atoms with Gasteiger partial charge in [-0.25, -0.2) is 0 Å². The molecule has 1 N–H and O–H groups in total. The second-order valence-electron chi connectivity index (χ2n) is 5.11. The molecule has 17 heavy (non-hydrogen) atoms. The first-order valence-corrected chi connectivity index (χ1v) is 6.50. The molecule has 1 aliphatic carbocycles. The fourth-order valence-electron chi connectivity index (χ4n) is 2.49. The number of hydrogen-bond donors (Lipinski definition) is 1. The Bertz CT molecular complexity index is 383. The van der Waals surface area contributed by atoms with E-state index < -0.39 is 5.60 Å². The highest BCUT2D eigenvalue weighted by molar-refractivity contribution is 6.31. The largest absolute Gasteiger partial charge is 0.384 e. The Morgan fingerprint density at radius 1 is 1.47 bits per heavy atom. The van der Waals surface area contributed by atoms with Crippen molar-refractivity contribution in [1.29, 1.82) is 0 Å². The van der Waals surface area contributed by atoms with E-state index in [1.165, 1.54) is 0 Å². The Kier molecular flexibility index (Phi) is 3.76. The van der Waals surface area contributed by atoms with Crippen LogP contribution in [0.4, 0.5) is 0 Å². The number of rotatable bonds is 4. The van der Waals surface area contributed by atoms with Crippen LogP contribution in [0.1, 0.15) is 31.4 Å². The van der Waals surface area contributed by atoms with E-state index in [0.717, 1.165) is 44.5 Å². The van der Waals surface area contributed by atoms with E-state index in [-0.39, 0.29) is 0 Å². The quantitative estimate of drug-likeness (QED) is 0.895. The average molecular weight is 258 g/mol. The lowest BCUT2D eigenvalue weighted by atomic mass is 9.98. The second-order valence-corrected chi connectivity index (χ2v) is 5.51. The van der Waals surface area contributed by atoms with Crippen LogP contribution in [0.25, 0.3) is 0 Å². The molecular formula is C12H20ClN3O. The van der Waals surface area contributed by atoms with E-state index in [9.17, 15) is 5.11 Å². The van der Waals surface area contributed by atoms with Gasteiger partial charge in [0.1, 0.15) is 5.60 Å². The first-order chi connectivity index (χ1) is 8.03. The molecule has 0 aliphatic heterocycles. The Labute approximate surface area is 107 Å². The van der Waals surface area contributed by atoms with Crippen LogP contribution in [0.3, 0.4) is 0 Å². The van der Waals surface area contributed by atoms with Gasteiger partial charge in [-0.15, -0.1) is 0 Å². The zero-order valence-electron chi connectivity index (χ0n) is 10.5. The van der Waals surface area contributed by atoms with Gasteiger partial charge in [0.15, 0.2) is 0 Å². The second kappa shape index (κ2) is 4.96. The van der Waals surface area contributed by atoms with Gasteiger partial charge < -0.3 is 10.0 Å². The Hall–Kier alpha value is -0.580. The predicted octanol–water partition coefficient (Wildman–Crippen LogP) is 1.86. The summed E-state index contributed by atoms with van der Waals surface area (Å²) in [6.07, 6.45) is 5.35. The summed E-state index contributed by atoms with van der Waals surface area (Å²) in [5.41, 5.74) is 0.0402. The summed E-state index contributed by atoms with van der Waals surface area (Å²) in [6.45, 7) is 1.65. The number of aromatic nitrogens is 2. The first-order valence-electron chi connectivity index (χ1n) is 6.12. The minimum Gasteiger partial charge on any atom is -0.384 e. The van der Waals surface area contributed by atoms with Crippen molar-refractivity contribution in [2.24, 2.45) is 0 Å². The molecule has 0 saturated heterocycles. The van der Waals surface area contributed by atoms with E-state index in [4.69, 9.17) is 11.6 Å². The summed E-state index contributed by atoms with van der Waals surface area (Å²) < 4.78 is 1.85. The van der Waals surface area contributed by atoms with Crippen molar-refractivity contribution in [2.75, 3.05) is 20.6 Å². The minimum atomic E-state index is -0.764. The zero-order valence-corrected chi connectivity index (χ0v) is 11.2. The molecule has 0 aromatic carbocycles. The number of likely N-dealkylation sites (N-methyl/N-ethyl adjacent to an activating group) is 1. The van der Waals surface area contributed by atoms with Crippen molar-refractivity contribution in [3.05, 3.63) is 16.9 Å². The van der Waals surface area contributed by atoms with E-state index in [1.807, 2.05) is 18.8 Å². The summed E-state index contributed by atoms with van der Waals surface area (Å²) >= 11 is 6.17. The van der Waals surface area contributed by atoms with Gasteiger partial charge in [-0.1, -0.05) is 24.4 Å². The van der Waals surface area contributed by atoms with Crippen molar-refractivity contribution >= 4 is 11.6 Å². The van der Waals surface area contributed by atoms with Gasteiger partial charge >= 0.3 is 0 Å². The van der Waals surface area contributed by atoms with Crippen molar-refractivity contribution in [2.45, 2.75) is 37.8 Å². The third kappa shape index (κ3) is 2.64. The number of halogens is 1. The van der Waals surface area contributed by atoms with Crippen LogP contribution in [0.15, 0.2) is 6.20 Å².